The summed E-state index contributed by atoms with van der Waals surface area (Å²) >= 11 is 1.28. The second-order valence-electron chi connectivity index (χ2n) is 6.07. The lowest BCUT2D eigenvalue weighted by molar-refractivity contribution is -0.113. The lowest BCUT2D eigenvalue weighted by Gasteiger charge is -2.08. The number of hydrogen-bond donors (Lipinski definition) is 2. The van der Waals surface area contributed by atoms with Crippen LogP contribution in [0.4, 0.5) is 5.82 Å². The lowest BCUT2D eigenvalue weighted by atomic mass is 10.2. The first-order chi connectivity index (χ1) is 13.7. The average Bonchev–Trinajstić information content (AvgIpc) is 3.34. The largest absolute Gasteiger partial charge is 0.310 e. The predicted molar refractivity (Wildman–Crippen MR) is 109 cm³/mol. The van der Waals surface area contributed by atoms with E-state index in [0.717, 1.165) is 22.8 Å². The summed E-state index contributed by atoms with van der Waals surface area (Å²) < 4.78 is 1.74. The molecule has 7 nitrogen and oxygen atoms in total. The molecule has 0 unspecified atom stereocenters. The Morgan fingerprint density at radius 2 is 1.82 bits per heavy atom. The number of anilines is 1. The topological polar surface area (TPSA) is 88.5 Å². The minimum atomic E-state index is -0.149. The maximum Gasteiger partial charge on any atom is 0.236 e. The van der Waals surface area contributed by atoms with Crippen molar-refractivity contribution in [1.29, 1.82) is 0 Å². The molecule has 4 rings (SSSR count). The van der Waals surface area contributed by atoms with Gasteiger partial charge in [0.2, 0.25) is 11.1 Å². The van der Waals surface area contributed by atoms with Crippen molar-refractivity contribution in [3.05, 3.63) is 72.6 Å². The molecule has 0 aliphatic heterocycles. The van der Waals surface area contributed by atoms with Crippen LogP contribution in [0.3, 0.4) is 0 Å². The second-order valence-corrected chi connectivity index (χ2v) is 7.01. The first-order valence-corrected chi connectivity index (χ1v) is 9.70. The number of para-hydroxylation sites is 1. The van der Waals surface area contributed by atoms with Crippen LogP contribution in [0.2, 0.25) is 0 Å². The molecule has 0 fully saturated rings. The van der Waals surface area contributed by atoms with Crippen molar-refractivity contribution in [2.75, 3.05) is 11.1 Å². The van der Waals surface area contributed by atoms with Gasteiger partial charge in [0.05, 0.1) is 17.1 Å². The highest BCUT2D eigenvalue weighted by Gasteiger charge is 2.14. The van der Waals surface area contributed by atoms with Crippen LogP contribution in [0.1, 0.15) is 5.82 Å². The molecule has 2 N–H and O–H groups in total. The summed E-state index contributed by atoms with van der Waals surface area (Å²) in [6, 6.07) is 21.5. The van der Waals surface area contributed by atoms with Gasteiger partial charge in [0.25, 0.3) is 0 Å². The average molecular weight is 390 g/mol. The number of nitrogens with one attached hydrogen (secondary N) is 2. The monoisotopic (exact) mass is 390 g/mol. The van der Waals surface area contributed by atoms with Gasteiger partial charge in [0, 0.05) is 11.6 Å². The van der Waals surface area contributed by atoms with Gasteiger partial charge in [-0.25, -0.2) is 9.67 Å². The van der Waals surface area contributed by atoms with E-state index in [2.05, 4.69) is 20.5 Å². The van der Waals surface area contributed by atoms with Crippen LogP contribution >= 0.6 is 11.8 Å². The number of aryl methyl sites for hydroxylation is 1. The molecule has 0 spiro atoms. The number of aromatic amines is 1. The normalized spacial score (nSPS) is 10.8. The van der Waals surface area contributed by atoms with E-state index in [1.54, 1.807) is 4.68 Å². The molecule has 0 aliphatic carbocycles. The Balaban J connectivity index is 1.57. The number of hydrogen-bond acceptors (Lipinski definition) is 5. The van der Waals surface area contributed by atoms with E-state index in [4.69, 9.17) is 5.10 Å². The van der Waals surface area contributed by atoms with Gasteiger partial charge in [-0.1, -0.05) is 60.3 Å². The zero-order valence-corrected chi connectivity index (χ0v) is 16.0. The van der Waals surface area contributed by atoms with E-state index in [1.807, 2.05) is 73.7 Å². The summed E-state index contributed by atoms with van der Waals surface area (Å²) in [5.41, 5.74) is 2.65. The van der Waals surface area contributed by atoms with Crippen molar-refractivity contribution in [3.8, 4) is 16.9 Å². The van der Waals surface area contributed by atoms with E-state index < -0.39 is 0 Å². The predicted octanol–water partition coefficient (Wildman–Crippen LogP) is 3.70. The lowest BCUT2D eigenvalue weighted by Crippen LogP contribution is -2.17. The van der Waals surface area contributed by atoms with Crippen LogP contribution in [0.15, 0.2) is 71.9 Å². The molecule has 0 saturated carbocycles. The fraction of sp³-hybridized carbons (Fsp3) is 0.100. The molecule has 28 heavy (non-hydrogen) atoms. The van der Waals surface area contributed by atoms with Gasteiger partial charge in [-0.05, 0) is 19.1 Å². The van der Waals surface area contributed by atoms with Crippen LogP contribution in [-0.4, -0.2) is 36.6 Å². The maximum atomic E-state index is 12.5. The maximum absolute atomic E-state index is 12.5. The SMILES string of the molecule is Cc1nc(SCC(=O)Nc2cc(-c3ccccc3)nn2-c2ccccc2)n[nH]1. The molecule has 140 valence electrons. The molecule has 2 heterocycles. The van der Waals surface area contributed by atoms with Gasteiger partial charge < -0.3 is 5.32 Å². The van der Waals surface area contributed by atoms with Crippen molar-refractivity contribution >= 4 is 23.5 Å². The summed E-state index contributed by atoms with van der Waals surface area (Å²) in [4.78, 5) is 16.7. The van der Waals surface area contributed by atoms with Crippen molar-refractivity contribution in [2.45, 2.75) is 12.1 Å². The first kappa shape index (κ1) is 18.0. The Morgan fingerprint density at radius 1 is 1.11 bits per heavy atom. The van der Waals surface area contributed by atoms with E-state index in [-0.39, 0.29) is 11.7 Å². The highest BCUT2D eigenvalue weighted by Crippen LogP contribution is 2.25. The molecule has 0 radical (unpaired) electrons. The van der Waals surface area contributed by atoms with E-state index in [9.17, 15) is 4.79 Å². The third kappa shape index (κ3) is 4.12. The summed E-state index contributed by atoms with van der Waals surface area (Å²) in [6.07, 6.45) is 0. The van der Waals surface area contributed by atoms with Crippen molar-refractivity contribution < 1.29 is 4.79 Å². The summed E-state index contributed by atoms with van der Waals surface area (Å²) in [7, 11) is 0. The molecule has 0 bridgehead atoms. The van der Waals surface area contributed by atoms with Gasteiger partial charge in [0.15, 0.2) is 0 Å². The Hall–Kier alpha value is -3.39. The Kier molecular flexibility index (Phi) is 5.20. The molecule has 1 amide bonds. The molecule has 8 heteroatoms. The van der Waals surface area contributed by atoms with Crippen LogP contribution in [0.25, 0.3) is 16.9 Å². The molecule has 0 atom stereocenters. The minimum Gasteiger partial charge on any atom is -0.310 e. The van der Waals surface area contributed by atoms with E-state index in [0.29, 0.717) is 11.0 Å². The van der Waals surface area contributed by atoms with Crippen LogP contribution in [0.5, 0.6) is 0 Å². The number of rotatable bonds is 6. The number of amides is 1. The van der Waals surface area contributed by atoms with Crippen LogP contribution in [-0.2, 0) is 4.79 Å². The molecule has 2 aromatic carbocycles. The number of carbonyl (C=O) groups is 1. The fourth-order valence-electron chi connectivity index (χ4n) is 2.68. The Bertz CT molecular complexity index is 1070. The molecular formula is C20H18N6OS. The molecule has 0 aliphatic rings. The number of H-pyrrole nitrogens is 1. The van der Waals surface area contributed by atoms with E-state index in [1.165, 1.54) is 11.8 Å². The quantitative estimate of drug-likeness (QED) is 0.490. The molecular weight excluding hydrogens is 372 g/mol. The zero-order chi connectivity index (χ0) is 19.3. The third-order valence-corrected chi connectivity index (χ3v) is 4.80. The van der Waals surface area contributed by atoms with Gasteiger partial charge in [-0.2, -0.15) is 5.10 Å². The number of aromatic nitrogens is 5. The number of thioether (sulfide) groups is 1. The van der Waals surface area contributed by atoms with Crippen LogP contribution in [0, 0.1) is 6.92 Å². The third-order valence-electron chi connectivity index (χ3n) is 3.96. The molecule has 4 aromatic rings. The van der Waals surface area contributed by atoms with Gasteiger partial charge in [-0.3, -0.25) is 9.89 Å². The number of nitrogens with zero attached hydrogens (tertiary/aromatic N) is 4. The molecule has 0 saturated heterocycles. The highest BCUT2D eigenvalue weighted by atomic mass is 32.2. The fourth-order valence-corrected chi connectivity index (χ4v) is 3.33. The van der Waals surface area contributed by atoms with Gasteiger partial charge in [0.1, 0.15) is 11.6 Å². The Morgan fingerprint density at radius 3 is 2.50 bits per heavy atom. The van der Waals surface area contributed by atoms with Gasteiger partial charge >= 0.3 is 0 Å². The highest BCUT2D eigenvalue weighted by molar-refractivity contribution is 7.99. The molecule has 2 aromatic heterocycles. The first-order valence-electron chi connectivity index (χ1n) is 8.71. The van der Waals surface area contributed by atoms with Crippen LogP contribution < -0.4 is 5.32 Å². The Labute approximate surface area is 166 Å². The summed E-state index contributed by atoms with van der Waals surface area (Å²) in [6.45, 7) is 1.82. The van der Waals surface area contributed by atoms with Crippen molar-refractivity contribution in [1.82, 2.24) is 25.0 Å². The van der Waals surface area contributed by atoms with Crippen molar-refractivity contribution in [2.24, 2.45) is 0 Å². The van der Waals surface area contributed by atoms with E-state index >= 15 is 0 Å². The standard InChI is InChI=1S/C20H18N6OS/c1-14-21-20(24-23-14)28-13-19(27)22-18-12-17(15-8-4-2-5-9-15)25-26(18)16-10-6-3-7-11-16/h2-12H,13H2,1H3,(H,22,27)(H,21,23,24). The number of benzene rings is 2. The summed E-state index contributed by atoms with van der Waals surface area (Å²) in [5, 5.41) is 15.0. The summed E-state index contributed by atoms with van der Waals surface area (Å²) in [5.74, 6) is 1.39. The van der Waals surface area contributed by atoms with Gasteiger partial charge in [-0.15, -0.1) is 5.10 Å². The van der Waals surface area contributed by atoms with Crippen molar-refractivity contribution in [3.63, 3.8) is 0 Å². The number of carbonyl (C=O) groups excluding carboxylic acids is 1. The zero-order valence-electron chi connectivity index (χ0n) is 15.2. The minimum absolute atomic E-state index is 0.149. The smallest absolute Gasteiger partial charge is 0.236 e. The second kappa shape index (κ2) is 8.10.